The Bertz CT molecular complexity index is 1080. The third kappa shape index (κ3) is 3.60. The summed E-state index contributed by atoms with van der Waals surface area (Å²) < 4.78 is 11.1. The normalized spacial score (nSPS) is 12.2. The van der Waals surface area contributed by atoms with Gasteiger partial charge in [0.05, 0.1) is 6.42 Å². The van der Waals surface area contributed by atoms with E-state index in [4.69, 9.17) is 9.15 Å². The van der Waals surface area contributed by atoms with E-state index in [1.165, 1.54) is 0 Å². The van der Waals surface area contributed by atoms with Crippen molar-refractivity contribution >= 4 is 16.9 Å². The summed E-state index contributed by atoms with van der Waals surface area (Å²) in [5, 5.41) is 9.08. The van der Waals surface area contributed by atoms with Crippen LogP contribution in [0.15, 0.2) is 59.1 Å². The van der Waals surface area contributed by atoms with Gasteiger partial charge in [0.1, 0.15) is 0 Å². The highest BCUT2D eigenvalue weighted by molar-refractivity contribution is 5.87. The van der Waals surface area contributed by atoms with Gasteiger partial charge in [-0.2, -0.15) is 0 Å². The average molecular weight is 361 g/mol. The number of carbonyl (C=O) groups excluding carboxylic acids is 1. The Hall–Kier alpha value is -3.41. The molecule has 0 unspecified atom stereocenters. The number of hydrogen-bond acceptors (Lipinski definition) is 5. The van der Waals surface area contributed by atoms with Gasteiger partial charge in [0.2, 0.25) is 5.89 Å². The van der Waals surface area contributed by atoms with E-state index in [0.717, 1.165) is 27.6 Å². The predicted molar refractivity (Wildman–Crippen MR) is 101 cm³/mol. The number of carbonyl (C=O) groups is 1. The molecule has 1 atom stereocenters. The molecular weight excluding hydrogens is 342 g/mol. The van der Waals surface area contributed by atoms with Gasteiger partial charge in [-0.05, 0) is 37.6 Å². The Morgan fingerprint density at radius 2 is 1.93 bits per heavy atom. The summed E-state index contributed by atoms with van der Waals surface area (Å²) in [6.45, 7) is 3.73. The summed E-state index contributed by atoms with van der Waals surface area (Å²) in [5.74, 6) is 0.338. The molecule has 2 aromatic carbocycles. The molecule has 2 heterocycles. The fraction of sp³-hybridized carbons (Fsp3) is 0.190. The maximum absolute atomic E-state index is 12.3. The highest BCUT2D eigenvalue weighted by Gasteiger charge is 2.20. The molecule has 0 fully saturated rings. The lowest BCUT2D eigenvalue weighted by Crippen LogP contribution is -2.11. The maximum atomic E-state index is 12.3. The number of rotatable bonds is 5. The monoisotopic (exact) mass is 361 g/mol. The van der Waals surface area contributed by atoms with Crippen LogP contribution in [-0.2, 0) is 16.0 Å². The number of esters is 1. The molecule has 1 N–H and O–H groups in total. The maximum Gasteiger partial charge on any atom is 0.311 e. The van der Waals surface area contributed by atoms with E-state index in [1.54, 1.807) is 6.92 Å². The number of aromatic amines is 1. The number of nitrogens with zero attached hydrogens (tertiary/aromatic N) is 2. The van der Waals surface area contributed by atoms with Crippen LogP contribution in [0.5, 0.6) is 0 Å². The SMILES string of the molecule is Cc1ccc(-c2nnc([C@@H](C)OC(=O)Cc3c[nH]c4ccccc34)o2)cc1. The molecule has 6 heteroatoms. The van der Waals surface area contributed by atoms with Crippen LogP contribution in [0.4, 0.5) is 0 Å². The summed E-state index contributed by atoms with van der Waals surface area (Å²) in [5.41, 5.74) is 3.87. The highest BCUT2D eigenvalue weighted by Crippen LogP contribution is 2.24. The number of aryl methyl sites for hydroxylation is 1. The number of fused-ring (bicyclic) bond motifs is 1. The standard InChI is InChI=1S/C21H19N3O3/c1-13-7-9-15(10-8-13)21-24-23-20(27-21)14(2)26-19(25)11-16-12-22-18-6-4-3-5-17(16)18/h3-10,12,14,22H,11H2,1-2H3/t14-/m1/s1. The number of H-pyrrole nitrogens is 1. The van der Waals surface area contributed by atoms with E-state index in [-0.39, 0.29) is 18.3 Å². The van der Waals surface area contributed by atoms with Gasteiger partial charge in [0.25, 0.3) is 5.89 Å². The average Bonchev–Trinajstić information content (AvgIpc) is 3.30. The van der Waals surface area contributed by atoms with Crippen LogP contribution in [0.25, 0.3) is 22.4 Å². The largest absolute Gasteiger partial charge is 0.452 e. The lowest BCUT2D eigenvalue weighted by Gasteiger charge is -2.09. The van der Waals surface area contributed by atoms with Crippen molar-refractivity contribution in [3.05, 3.63) is 71.7 Å². The predicted octanol–water partition coefficient (Wildman–Crippen LogP) is 4.37. The Balaban J connectivity index is 1.43. The number of nitrogens with one attached hydrogen (secondary N) is 1. The second-order valence-electron chi connectivity index (χ2n) is 6.48. The molecule has 0 saturated carbocycles. The summed E-state index contributed by atoms with van der Waals surface area (Å²) in [6.07, 6.45) is 1.39. The van der Waals surface area contributed by atoms with Crippen LogP contribution in [0.2, 0.25) is 0 Å². The Morgan fingerprint density at radius 1 is 1.15 bits per heavy atom. The van der Waals surface area contributed by atoms with Gasteiger partial charge >= 0.3 is 5.97 Å². The van der Waals surface area contributed by atoms with Crippen molar-refractivity contribution in [3.8, 4) is 11.5 Å². The molecule has 4 aromatic rings. The Morgan fingerprint density at radius 3 is 2.74 bits per heavy atom. The first-order valence-electron chi connectivity index (χ1n) is 8.75. The molecule has 4 rings (SSSR count). The van der Waals surface area contributed by atoms with Crippen LogP contribution >= 0.6 is 0 Å². The molecule has 27 heavy (non-hydrogen) atoms. The molecule has 0 aliphatic heterocycles. The van der Waals surface area contributed by atoms with Crippen LogP contribution in [0, 0.1) is 6.92 Å². The molecule has 0 bridgehead atoms. The molecule has 0 spiro atoms. The number of para-hydroxylation sites is 1. The first kappa shape index (κ1) is 17.0. The zero-order valence-electron chi connectivity index (χ0n) is 15.1. The molecule has 2 aromatic heterocycles. The van der Waals surface area contributed by atoms with Crippen molar-refractivity contribution in [1.82, 2.24) is 15.2 Å². The van der Waals surface area contributed by atoms with E-state index in [0.29, 0.717) is 5.89 Å². The second kappa shape index (κ2) is 7.07. The van der Waals surface area contributed by atoms with E-state index in [2.05, 4.69) is 15.2 Å². The molecule has 0 saturated heterocycles. The van der Waals surface area contributed by atoms with Crippen LogP contribution in [0.1, 0.15) is 30.0 Å². The molecular formula is C21H19N3O3. The lowest BCUT2D eigenvalue weighted by molar-refractivity contribution is -0.148. The van der Waals surface area contributed by atoms with Crippen molar-refractivity contribution in [2.45, 2.75) is 26.4 Å². The minimum absolute atomic E-state index is 0.174. The van der Waals surface area contributed by atoms with Gasteiger partial charge in [-0.1, -0.05) is 35.9 Å². The number of aromatic nitrogens is 3. The zero-order chi connectivity index (χ0) is 18.8. The third-order valence-corrected chi connectivity index (χ3v) is 4.40. The highest BCUT2D eigenvalue weighted by atomic mass is 16.6. The van der Waals surface area contributed by atoms with Gasteiger partial charge in [0, 0.05) is 22.7 Å². The molecule has 0 amide bonds. The van der Waals surface area contributed by atoms with Crippen LogP contribution in [0.3, 0.4) is 0 Å². The first-order chi connectivity index (χ1) is 13.1. The van der Waals surface area contributed by atoms with E-state index in [1.807, 2.05) is 61.7 Å². The topological polar surface area (TPSA) is 81.0 Å². The number of benzene rings is 2. The zero-order valence-corrected chi connectivity index (χ0v) is 15.1. The summed E-state index contributed by atoms with van der Waals surface area (Å²) in [6, 6.07) is 15.6. The van der Waals surface area contributed by atoms with Crippen LogP contribution in [-0.4, -0.2) is 21.2 Å². The smallest absolute Gasteiger partial charge is 0.311 e. The third-order valence-electron chi connectivity index (χ3n) is 4.40. The molecule has 0 aliphatic rings. The quantitative estimate of drug-likeness (QED) is 0.534. The van der Waals surface area contributed by atoms with E-state index < -0.39 is 6.10 Å². The Labute approximate surface area is 156 Å². The van der Waals surface area contributed by atoms with Gasteiger partial charge < -0.3 is 14.1 Å². The number of ether oxygens (including phenoxy) is 1. The number of hydrogen-bond donors (Lipinski definition) is 1. The lowest BCUT2D eigenvalue weighted by atomic mass is 10.1. The van der Waals surface area contributed by atoms with Crippen LogP contribution < -0.4 is 0 Å². The van der Waals surface area contributed by atoms with Gasteiger partial charge in [-0.25, -0.2) is 0 Å². The van der Waals surface area contributed by atoms with Crippen molar-refractivity contribution < 1.29 is 13.9 Å². The fourth-order valence-corrected chi connectivity index (χ4v) is 2.93. The summed E-state index contributed by atoms with van der Waals surface area (Å²) in [7, 11) is 0. The van der Waals surface area contributed by atoms with Crippen molar-refractivity contribution in [2.24, 2.45) is 0 Å². The van der Waals surface area contributed by atoms with Gasteiger partial charge in [-0.3, -0.25) is 4.79 Å². The summed E-state index contributed by atoms with van der Waals surface area (Å²) in [4.78, 5) is 15.5. The van der Waals surface area contributed by atoms with E-state index >= 15 is 0 Å². The molecule has 136 valence electrons. The first-order valence-corrected chi connectivity index (χ1v) is 8.75. The fourth-order valence-electron chi connectivity index (χ4n) is 2.93. The van der Waals surface area contributed by atoms with Gasteiger partial charge in [0.15, 0.2) is 6.10 Å². The Kier molecular flexibility index (Phi) is 4.46. The van der Waals surface area contributed by atoms with Crippen molar-refractivity contribution in [1.29, 1.82) is 0 Å². The molecule has 0 radical (unpaired) electrons. The van der Waals surface area contributed by atoms with E-state index in [9.17, 15) is 4.79 Å². The minimum Gasteiger partial charge on any atom is -0.452 e. The summed E-state index contributed by atoms with van der Waals surface area (Å²) >= 11 is 0. The molecule has 6 nitrogen and oxygen atoms in total. The minimum atomic E-state index is -0.616. The van der Waals surface area contributed by atoms with Crippen molar-refractivity contribution in [3.63, 3.8) is 0 Å². The van der Waals surface area contributed by atoms with Gasteiger partial charge in [-0.15, -0.1) is 10.2 Å². The second-order valence-corrected chi connectivity index (χ2v) is 6.48. The van der Waals surface area contributed by atoms with Crippen molar-refractivity contribution in [2.75, 3.05) is 0 Å². The molecule has 0 aliphatic carbocycles.